The molecule has 1 unspecified atom stereocenters. The van der Waals surface area contributed by atoms with Gasteiger partial charge in [0.05, 0.1) is 11.7 Å². The van der Waals surface area contributed by atoms with Crippen LogP contribution in [-0.2, 0) is 16.0 Å². The molecule has 1 fully saturated rings. The molecule has 0 spiro atoms. The molecule has 2 heterocycles. The van der Waals surface area contributed by atoms with Gasteiger partial charge in [0.25, 0.3) is 0 Å². The molecule has 2 aromatic rings. The zero-order valence-corrected chi connectivity index (χ0v) is 17.9. The molecule has 0 aromatic heterocycles. The Labute approximate surface area is 182 Å². The van der Waals surface area contributed by atoms with Gasteiger partial charge in [0.15, 0.2) is 0 Å². The van der Waals surface area contributed by atoms with Gasteiger partial charge in [-0.3, -0.25) is 14.5 Å². The van der Waals surface area contributed by atoms with Gasteiger partial charge in [0.1, 0.15) is 5.82 Å². The number of likely N-dealkylation sites (tertiary alicyclic amines) is 1. The molecular formula is C24H29FN4O2. The van der Waals surface area contributed by atoms with Crippen LogP contribution in [0.25, 0.3) is 0 Å². The number of halogens is 1. The number of fused-ring (bicyclic) bond motifs is 1. The molecule has 0 saturated carbocycles. The van der Waals surface area contributed by atoms with E-state index in [9.17, 15) is 14.0 Å². The van der Waals surface area contributed by atoms with Crippen LogP contribution in [-0.4, -0.2) is 49.9 Å². The molecule has 6 nitrogen and oxygen atoms in total. The van der Waals surface area contributed by atoms with Crippen molar-refractivity contribution in [3.05, 3.63) is 59.4 Å². The third kappa shape index (κ3) is 4.88. The predicted molar refractivity (Wildman–Crippen MR) is 120 cm³/mol. The maximum Gasteiger partial charge on any atom is 0.313 e. The fraction of sp³-hybridized carbons (Fsp3) is 0.417. The van der Waals surface area contributed by atoms with Crippen LogP contribution in [0.5, 0.6) is 0 Å². The second kappa shape index (κ2) is 9.47. The van der Waals surface area contributed by atoms with Crippen molar-refractivity contribution in [2.45, 2.75) is 31.7 Å². The van der Waals surface area contributed by atoms with E-state index in [-0.39, 0.29) is 11.7 Å². The molecule has 0 bridgehead atoms. The normalized spacial score (nSPS) is 17.2. The first-order valence-electron chi connectivity index (χ1n) is 10.9. The second-order valence-electron chi connectivity index (χ2n) is 8.32. The lowest BCUT2D eigenvalue weighted by molar-refractivity contribution is -0.136. The van der Waals surface area contributed by atoms with Gasteiger partial charge in [-0.15, -0.1) is 0 Å². The van der Waals surface area contributed by atoms with Crippen LogP contribution in [0.15, 0.2) is 42.5 Å². The molecule has 31 heavy (non-hydrogen) atoms. The van der Waals surface area contributed by atoms with Gasteiger partial charge in [-0.2, -0.15) is 0 Å². The van der Waals surface area contributed by atoms with Crippen molar-refractivity contribution in [2.75, 3.05) is 43.4 Å². The van der Waals surface area contributed by atoms with Gasteiger partial charge < -0.3 is 15.5 Å². The number of hydrogen-bond acceptors (Lipinski definition) is 4. The van der Waals surface area contributed by atoms with Crippen molar-refractivity contribution in [1.29, 1.82) is 0 Å². The molecule has 0 radical (unpaired) electrons. The highest BCUT2D eigenvalue weighted by Gasteiger charge is 2.26. The Bertz CT molecular complexity index is 958. The van der Waals surface area contributed by atoms with E-state index in [4.69, 9.17) is 0 Å². The first-order valence-corrected chi connectivity index (χ1v) is 10.9. The van der Waals surface area contributed by atoms with Crippen LogP contribution in [0, 0.1) is 5.82 Å². The minimum Gasteiger partial charge on any atom is -0.374 e. The first-order chi connectivity index (χ1) is 15.0. The zero-order valence-electron chi connectivity index (χ0n) is 17.9. The summed E-state index contributed by atoms with van der Waals surface area (Å²) in [6.45, 7) is 3.34. The van der Waals surface area contributed by atoms with E-state index in [0.29, 0.717) is 6.54 Å². The number of nitrogens with one attached hydrogen (secondary N) is 2. The standard InChI is InChI=1S/C24H29FN4O2/c1-28-12-6-7-17-15-18(10-11-21(17)28)22(29-13-4-5-14-29)16-26-23(30)24(31)27-20-9-3-2-8-19(20)25/h2-3,8-11,15,22H,4-7,12-14,16H2,1H3,(H,26,30)(H,27,31). The minimum atomic E-state index is -0.864. The van der Waals surface area contributed by atoms with Crippen molar-refractivity contribution in [3.63, 3.8) is 0 Å². The van der Waals surface area contributed by atoms with Crippen LogP contribution >= 0.6 is 0 Å². The lowest BCUT2D eigenvalue weighted by Gasteiger charge is -2.31. The van der Waals surface area contributed by atoms with E-state index >= 15 is 0 Å². The predicted octanol–water partition coefficient (Wildman–Crippen LogP) is 3.10. The Hall–Kier alpha value is -2.93. The van der Waals surface area contributed by atoms with Crippen molar-refractivity contribution >= 4 is 23.2 Å². The monoisotopic (exact) mass is 424 g/mol. The molecule has 0 aliphatic carbocycles. The molecule has 2 aliphatic heterocycles. The lowest BCUT2D eigenvalue weighted by atomic mass is 9.96. The summed E-state index contributed by atoms with van der Waals surface area (Å²) >= 11 is 0. The average molecular weight is 425 g/mol. The fourth-order valence-electron chi connectivity index (χ4n) is 4.53. The smallest absolute Gasteiger partial charge is 0.313 e. The first kappa shape index (κ1) is 21.3. The molecule has 2 amide bonds. The summed E-state index contributed by atoms with van der Waals surface area (Å²) in [5.41, 5.74) is 3.76. The number of benzene rings is 2. The van der Waals surface area contributed by atoms with E-state index in [0.717, 1.165) is 50.9 Å². The highest BCUT2D eigenvalue weighted by Crippen LogP contribution is 2.31. The van der Waals surface area contributed by atoms with Crippen LogP contribution in [0.4, 0.5) is 15.8 Å². The molecule has 2 N–H and O–H groups in total. The van der Waals surface area contributed by atoms with Crippen LogP contribution in [0.2, 0.25) is 0 Å². The Kier molecular flexibility index (Phi) is 6.51. The third-order valence-electron chi connectivity index (χ3n) is 6.20. The SMILES string of the molecule is CN1CCCc2cc(C(CNC(=O)C(=O)Nc3ccccc3F)N3CCCC3)ccc21. The number of carbonyl (C=O) groups excluding carboxylic acids is 2. The molecular weight excluding hydrogens is 395 g/mol. The molecule has 7 heteroatoms. The molecule has 164 valence electrons. The van der Waals surface area contributed by atoms with Gasteiger partial charge >= 0.3 is 11.8 Å². The molecule has 1 atom stereocenters. The maximum absolute atomic E-state index is 13.8. The summed E-state index contributed by atoms with van der Waals surface area (Å²) in [6.07, 6.45) is 4.45. The van der Waals surface area contributed by atoms with E-state index < -0.39 is 17.6 Å². The van der Waals surface area contributed by atoms with E-state index in [2.05, 4.69) is 45.7 Å². The van der Waals surface area contributed by atoms with Crippen LogP contribution < -0.4 is 15.5 Å². The highest BCUT2D eigenvalue weighted by molar-refractivity contribution is 6.39. The number of hydrogen-bond donors (Lipinski definition) is 2. The number of aryl methyl sites for hydroxylation is 1. The average Bonchev–Trinajstić information content (AvgIpc) is 3.30. The summed E-state index contributed by atoms with van der Waals surface area (Å²) in [7, 11) is 2.12. The summed E-state index contributed by atoms with van der Waals surface area (Å²) < 4.78 is 13.8. The number of rotatable bonds is 5. The second-order valence-corrected chi connectivity index (χ2v) is 8.32. The summed E-state index contributed by atoms with van der Waals surface area (Å²) in [5, 5.41) is 5.10. The van der Waals surface area contributed by atoms with Gasteiger partial charge in [-0.05, 0) is 68.1 Å². The van der Waals surface area contributed by atoms with Gasteiger partial charge in [-0.1, -0.05) is 24.3 Å². The lowest BCUT2D eigenvalue weighted by Crippen LogP contribution is -2.41. The quantitative estimate of drug-likeness (QED) is 0.724. The summed E-state index contributed by atoms with van der Waals surface area (Å²) in [6, 6.07) is 12.4. The number of amides is 2. The number of nitrogens with zero attached hydrogens (tertiary/aromatic N) is 2. The molecule has 1 saturated heterocycles. The van der Waals surface area contributed by atoms with Gasteiger partial charge in [0, 0.05) is 25.8 Å². The van der Waals surface area contributed by atoms with Crippen molar-refractivity contribution in [3.8, 4) is 0 Å². The van der Waals surface area contributed by atoms with Crippen LogP contribution in [0.1, 0.15) is 36.4 Å². The largest absolute Gasteiger partial charge is 0.374 e. The molecule has 2 aromatic carbocycles. The van der Waals surface area contributed by atoms with E-state index in [1.165, 1.54) is 29.4 Å². The summed E-state index contributed by atoms with van der Waals surface area (Å²) in [5.74, 6) is -2.19. The Morgan fingerprint density at radius 1 is 1.03 bits per heavy atom. The minimum absolute atomic E-state index is 0.00227. The topological polar surface area (TPSA) is 64.7 Å². The van der Waals surface area contributed by atoms with E-state index in [1.54, 1.807) is 6.07 Å². The maximum atomic E-state index is 13.8. The third-order valence-corrected chi connectivity index (χ3v) is 6.20. The van der Waals surface area contributed by atoms with Crippen LogP contribution in [0.3, 0.4) is 0 Å². The van der Waals surface area contributed by atoms with Crippen molar-refractivity contribution < 1.29 is 14.0 Å². The Morgan fingerprint density at radius 2 is 1.81 bits per heavy atom. The van der Waals surface area contributed by atoms with E-state index in [1.807, 2.05) is 0 Å². The number of para-hydroxylation sites is 1. The fourth-order valence-corrected chi connectivity index (χ4v) is 4.53. The molecule has 2 aliphatic rings. The van der Waals surface area contributed by atoms with Gasteiger partial charge in [0.2, 0.25) is 0 Å². The van der Waals surface area contributed by atoms with Gasteiger partial charge in [-0.25, -0.2) is 4.39 Å². The number of anilines is 2. The van der Waals surface area contributed by atoms with Crippen molar-refractivity contribution in [2.24, 2.45) is 0 Å². The number of carbonyl (C=O) groups is 2. The zero-order chi connectivity index (χ0) is 21.8. The highest BCUT2D eigenvalue weighted by atomic mass is 19.1. The Morgan fingerprint density at radius 3 is 2.58 bits per heavy atom. The Balaban J connectivity index is 1.46. The summed E-state index contributed by atoms with van der Waals surface area (Å²) in [4.78, 5) is 29.3. The molecule has 4 rings (SSSR count). The van der Waals surface area contributed by atoms with Crippen molar-refractivity contribution in [1.82, 2.24) is 10.2 Å².